The first-order valence-corrected chi connectivity index (χ1v) is 9.10. The molecule has 0 N–H and O–H groups in total. The summed E-state index contributed by atoms with van der Waals surface area (Å²) in [6, 6.07) is 27.3. The van der Waals surface area contributed by atoms with Gasteiger partial charge in [-0.3, -0.25) is 4.79 Å². The Morgan fingerprint density at radius 2 is 1.44 bits per heavy atom. The summed E-state index contributed by atoms with van der Waals surface area (Å²) < 4.78 is 6.40. The van der Waals surface area contributed by atoms with E-state index in [-0.39, 0.29) is 11.7 Å². The molecule has 2 aliphatic rings. The lowest BCUT2D eigenvalue weighted by molar-refractivity contribution is 0.0521. The van der Waals surface area contributed by atoms with Crippen LogP contribution in [0.2, 0.25) is 0 Å². The predicted octanol–water partition coefficient (Wildman–Crippen LogP) is 4.99. The first kappa shape index (κ1) is 15.9. The van der Waals surface area contributed by atoms with Crippen molar-refractivity contribution in [1.29, 1.82) is 0 Å². The third-order valence-corrected chi connectivity index (χ3v) is 5.48. The van der Waals surface area contributed by atoms with Gasteiger partial charge < -0.3 is 4.74 Å². The smallest absolute Gasteiger partial charge is 0.200 e. The van der Waals surface area contributed by atoms with Gasteiger partial charge in [0.05, 0.1) is 12.1 Å². The number of carbonyl (C=O) groups is 1. The fourth-order valence-electron chi connectivity index (χ4n) is 4.19. The van der Waals surface area contributed by atoms with Gasteiger partial charge >= 0.3 is 0 Å². The molecule has 3 unspecified atom stereocenters. The molecule has 4 heteroatoms. The van der Waals surface area contributed by atoms with E-state index in [9.17, 15) is 4.79 Å². The van der Waals surface area contributed by atoms with E-state index in [1.54, 1.807) is 0 Å². The molecule has 2 heterocycles. The van der Waals surface area contributed by atoms with E-state index in [2.05, 4.69) is 10.2 Å². The fourth-order valence-corrected chi connectivity index (χ4v) is 4.19. The van der Waals surface area contributed by atoms with Crippen LogP contribution < -0.4 is 4.74 Å². The van der Waals surface area contributed by atoms with E-state index in [1.807, 2.05) is 84.9 Å². The maximum absolute atomic E-state index is 13.8. The minimum absolute atomic E-state index is 0.0201. The third kappa shape index (κ3) is 2.33. The summed E-state index contributed by atoms with van der Waals surface area (Å²) in [7, 11) is 0. The number of ketones is 1. The number of para-hydroxylation sites is 1. The Bertz CT molecular complexity index is 1020. The highest BCUT2D eigenvalue weighted by atomic mass is 16.5. The summed E-state index contributed by atoms with van der Waals surface area (Å²) >= 11 is 0. The first-order valence-electron chi connectivity index (χ1n) is 9.10. The van der Waals surface area contributed by atoms with Crippen LogP contribution in [0, 0.1) is 0 Å². The van der Waals surface area contributed by atoms with Gasteiger partial charge in [0.15, 0.2) is 11.6 Å². The summed E-state index contributed by atoms with van der Waals surface area (Å²) in [5.41, 5.74) is 1.48. The van der Waals surface area contributed by atoms with Crippen LogP contribution in [0.1, 0.15) is 33.5 Å². The highest BCUT2D eigenvalue weighted by Gasteiger charge is 2.60. The number of azo groups is 1. The molecule has 4 nitrogen and oxygen atoms in total. The molecule has 0 fully saturated rings. The van der Waals surface area contributed by atoms with Gasteiger partial charge in [0.2, 0.25) is 5.78 Å². The van der Waals surface area contributed by atoms with Gasteiger partial charge in [0, 0.05) is 5.92 Å². The van der Waals surface area contributed by atoms with Crippen LogP contribution in [0.4, 0.5) is 0 Å². The molecule has 132 valence electrons. The Kier molecular flexibility index (Phi) is 3.64. The Morgan fingerprint density at radius 3 is 2.19 bits per heavy atom. The van der Waals surface area contributed by atoms with E-state index in [0.29, 0.717) is 17.9 Å². The Balaban J connectivity index is 1.73. The minimum atomic E-state index is -1.09. The van der Waals surface area contributed by atoms with Crippen molar-refractivity contribution in [3.8, 4) is 5.75 Å². The molecule has 0 aromatic heterocycles. The summed E-state index contributed by atoms with van der Waals surface area (Å²) in [4.78, 5) is 13.8. The lowest BCUT2D eigenvalue weighted by Gasteiger charge is -2.41. The summed E-state index contributed by atoms with van der Waals surface area (Å²) in [6.45, 7) is 0.477. The van der Waals surface area contributed by atoms with E-state index in [0.717, 1.165) is 11.1 Å². The molecule has 3 aromatic rings. The predicted molar refractivity (Wildman–Crippen MR) is 102 cm³/mol. The van der Waals surface area contributed by atoms with Gasteiger partial charge in [-0.25, -0.2) is 0 Å². The molecule has 1 spiro atoms. The second-order valence-electron chi connectivity index (χ2n) is 6.95. The van der Waals surface area contributed by atoms with Crippen LogP contribution in [-0.4, -0.2) is 17.9 Å². The van der Waals surface area contributed by atoms with E-state index in [4.69, 9.17) is 4.74 Å². The average molecular weight is 354 g/mol. The largest absolute Gasteiger partial charge is 0.482 e. The van der Waals surface area contributed by atoms with Gasteiger partial charge in [0.1, 0.15) is 5.75 Å². The third-order valence-electron chi connectivity index (χ3n) is 5.48. The normalized spacial score (nSPS) is 26.0. The molecule has 0 saturated heterocycles. The fraction of sp³-hybridized carbons (Fsp3) is 0.174. The molecular weight excluding hydrogens is 336 g/mol. The highest BCUT2D eigenvalue weighted by Crippen LogP contribution is 2.52. The Hall–Kier alpha value is -3.27. The molecule has 3 aromatic carbocycles. The van der Waals surface area contributed by atoms with Crippen molar-refractivity contribution in [3.05, 3.63) is 102 Å². The zero-order valence-electron chi connectivity index (χ0n) is 14.7. The maximum atomic E-state index is 13.8. The monoisotopic (exact) mass is 354 g/mol. The molecule has 27 heavy (non-hydrogen) atoms. The zero-order chi connectivity index (χ0) is 18.3. The van der Waals surface area contributed by atoms with Gasteiger partial charge in [-0.1, -0.05) is 72.8 Å². The van der Waals surface area contributed by atoms with Crippen molar-refractivity contribution in [2.24, 2.45) is 10.2 Å². The van der Waals surface area contributed by atoms with E-state index >= 15 is 0 Å². The zero-order valence-corrected chi connectivity index (χ0v) is 14.7. The topological polar surface area (TPSA) is 51.0 Å². The van der Waals surface area contributed by atoms with Crippen molar-refractivity contribution in [3.63, 3.8) is 0 Å². The van der Waals surface area contributed by atoms with Crippen LogP contribution >= 0.6 is 0 Å². The van der Waals surface area contributed by atoms with E-state index < -0.39 is 11.6 Å². The number of rotatable bonds is 2. The minimum Gasteiger partial charge on any atom is -0.482 e. The molecule has 0 radical (unpaired) electrons. The van der Waals surface area contributed by atoms with E-state index in [1.165, 1.54) is 0 Å². The van der Waals surface area contributed by atoms with Gasteiger partial charge in [0.25, 0.3) is 0 Å². The first-order chi connectivity index (χ1) is 13.3. The standard InChI is InChI=1S/C23H18N2O2/c26-21-18-13-7-8-14-20(18)27-22(17-11-5-2-6-12-17)23(21)19(15-24-25-23)16-9-3-1-4-10-16/h1-14,19,22H,15H2. The SMILES string of the molecule is O=C1c2ccccc2OC(c2ccccc2)C12N=NCC2c1ccccc1. The molecule has 5 rings (SSSR count). The van der Waals surface area contributed by atoms with Crippen LogP contribution in [0.25, 0.3) is 0 Å². The number of carbonyl (C=O) groups excluding carboxylic acids is 1. The van der Waals surface area contributed by atoms with Gasteiger partial charge in [-0.2, -0.15) is 10.2 Å². The number of nitrogens with zero attached hydrogens (tertiary/aromatic N) is 2. The van der Waals surface area contributed by atoms with Crippen LogP contribution in [0.3, 0.4) is 0 Å². The van der Waals surface area contributed by atoms with Crippen molar-refractivity contribution in [1.82, 2.24) is 0 Å². The average Bonchev–Trinajstić information content (AvgIpc) is 3.18. The van der Waals surface area contributed by atoms with Gasteiger partial charge in [-0.05, 0) is 23.3 Å². The van der Waals surface area contributed by atoms with Gasteiger partial charge in [-0.15, -0.1) is 0 Å². The number of hydrogen-bond acceptors (Lipinski definition) is 4. The Morgan fingerprint density at radius 1 is 0.815 bits per heavy atom. The summed E-state index contributed by atoms with van der Waals surface area (Å²) in [5, 5.41) is 8.91. The molecular formula is C23H18N2O2. The molecule has 0 aliphatic carbocycles. The van der Waals surface area contributed by atoms with Crippen LogP contribution in [0.5, 0.6) is 5.75 Å². The van der Waals surface area contributed by atoms with Crippen molar-refractivity contribution in [2.75, 3.05) is 6.54 Å². The number of benzene rings is 3. The highest BCUT2D eigenvalue weighted by molar-refractivity contribution is 6.08. The van der Waals surface area contributed by atoms with Crippen molar-refractivity contribution < 1.29 is 9.53 Å². The van der Waals surface area contributed by atoms with Crippen LogP contribution in [0.15, 0.2) is 95.2 Å². The molecule has 2 aliphatic heterocycles. The number of fused-ring (bicyclic) bond motifs is 1. The molecule has 0 amide bonds. The number of Topliss-reactive ketones (excluding diaryl/α,β-unsaturated/α-hetero) is 1. The maximum Gasteiger partial charge on any atom is 0.200 e. The second kappa shape index (κ2) is 6.16. The Labute approximate surface area is 157 Å². The van der Waals surface area contributed by atoms with Crippen molar-refractivity contribution >= 4 is 5.78 Å². The lowest BCUT2D eigenvalue weighted by Crippen LogP contribution is -2.51. The number of hydrogen-bond donors (Lipinski definition) is 0. The van der Waals surface area contributed by atoms with Crippen LogP contribution in [-0.2, 0) is 0 Å². The molecule has 0 bridgehead atoms. The molecule has 3 atom stereocenters. The quantitative estimate of drug-likeness (QED) is 0.651. The summed E-state index contributed by atoms with van der Waals surface area (Å²) in [6.07, 6.45) is -0.516. The summed E-state index contributed by atoms with van der Waals surface area (Å²) in [5.74, 6) is 0.425. The molecule has 0 saturated carbocycles. The second-order valence-corrected chi connectivity index (χ2v) is 6.95. The van der Waals surface area contributed by atoms with Crippen molar-refractivity contribution in [2.45, 2.75) is 17.6 Å². The lowest BCUT2D eigenvalue weighted by atomic mass is 9.69. The number of ether oxygens (including phenoxy) is 1.